The third kappa shape index (κ3) is 4.02. The Labute approximate surface area is 120 Å². The number of alkyl halides is 2. The van der Waals surface area contributed by atoms with Crippen LogP contribution in [0.5, 0.6) is 0 Å². The first-order valence-corrected chi connectivity index (χ1v) is 7.68. The Balaban J connectivity index is 1.90. The second-order valence-corrected chi connectivity index (χ2v) is 6.22. The third-order valence-corrected chi connectivity index (χ3v) is 4.48. The molecular formula is C17H25F2N. The van der Waals surface area contributed by atoms with Gasteiger partial charge in [0, 0.05) is 18.2 Å². The Hall–Kier alpha value is -0.960. The molecule has 2 atom stereocenters. The molecule has 1 N–H and O–H groups in total. The monoisotopic (exact) mass is 281 g/mol. The van der Waals surface area contributed by atoms with Crippen LogP contribution in [-0.4, -0.2) is 6.04 Å². The fourth-order valence-electron chi connectivity index (χ4n) is 3.24. The zero-order chi connectivity index (χ0) is 14.5. The molecule has 0 aromatic heterocycles. The van der Waals surface area contributed by atoms with E-state index >= 15 is 0 Å². The Bertz CT molecular complexity index is 400. The molecule has 1 aromatic carbocycles. The molecule has 0 radical (unpaired) electrons. The molecule has 0 amide bonds. The molecule has 0 bridgehead atoms. The van der Waals surface area contributed by atoms with Gasteiger partial charge in [0.05, 0.1) is 0 Å². The molecule has 1 saturated carbocycles. The van der Waals surface area contributed by atoms with E-state index < -0.39 is 6.43 Å². The molecule has 0 spiro atoms. The number of nitrogens with one attached hydrogen (secondary N) is 1. The van der Waals surface area contributed by atoms with Gasteiger partial charge in [-0.1, -0.05) is 51.0 Å². The molecule has 112 valence electrons. The average molecular weight is 281 g/mol. The predicted molar refractivity (Wildman–Crippen MR) is 78.8 cm³/mol. The molecule has 0 aliphatic heterocycles. The first-order valence-electron chi connectivity index (χ1n) is 7.68. The minimum absolute atomic E-state index is 0.103. The lowest BCUT2D eigenvalue weighted by atomic mass is 9.78. The molecule has 1 fully saturated rings. The minimum Gasteiger partial charge on any atom is -0.310 e. The van der Waals surface area contributed by atoms with Crippen molar-refractivity contribution in [1.29, 1.82) is 0 Å². The van der Waals surface area contributed by atoms with Crippen LogP contribution in [0.3, 0.4) is 0 Å². The van der Waals surface area contributed by atoms with Crippen molar-refractivity contribution in [3.8, 4) is 0 Å². The maximum atomic E-state index is 12.5. The first-order chi connectivity index (χ1) is 9.58. The average Bonchev–Trinajstić information content (AvgIpc) is 2.45. The van der Waals surface area contributed by atoms with Crippen molar-refractivity contribution in [2.45, 2.75) is 58.5 Å². The van der Waals surface area contributed by atoms with Crippen molar-refractivity contribution in [3.05, 3.63) is 35.4 Å². The fraction of sp³-hybridized carbons (Fsp3) is 0.647. The summed E-state index contributed by atoms with van der Waals surface area (Å²) in [5.74, 6) is 1.44. The molecule has 2 rings (SSSR count). The van der Waals surface area contributed by atoms with Crippen LogP contribution in [0, 0.1) is 11.8 Å². The molecule has 3 heteroatoms. The summed E-state index contributed by atoms with van der Waals surface area (Å²) >= 11 is 0. The standard InChI is InChI=1S/C17H25F2N/c1-12(2)15-5-3-4-6-16(15)20-11-13-7-9-14(10-8-13)17(18)19/h7-10,12,15-17,20H,3-6,11H2,1-2H3. The second kappa shape index (κ2) is 7.16. The smallest absolute Gasteiger partial charge is 0.263 e. The Morgan fingerprint density at radius 1 is 1.10 bits per heavy atom. The van der Waals surface area contributed by atoms with Crippen molar-refractivity contribution >= 4 is 0 Å². The lowest BCUT2D eigenvalue weighted by molar-refractivity contribution is 0.151. The maximum Gasteiger partial charge on any atom is 0.263 e. The van der Waals surface area contributed by atoms with Crippen LogP contribution in [0.15, 0.2) is 24.3 Å². The highest BCUT2D eigenvalue weighted by Gasteiger charge is 2.26. The van der Waals surface area contributed by atoms with Gasteiger partial charge in [-0.3, -0.25) is 0 Å². The van der Waals surface area contributed by atoms with Crippen LogP contribution < -0.4 is 5.32 Å². The van der Waals surface area contributed by atoms with E-state index in [-0.39, 0.29) is 5.56 Å². The minimum atomic E-state index is -2.37. The van der Waals surface area contributed by atoms with E-state index in [1.807, 2.05) is 12.1 Å². The van der Waals surface area contributed by atoms with Crippen LogP contribution >= 0.6 is 0 Å². The zero-order valence-corrected chi connectivity index (χ0v) is 12.4. The van der Waals surface area contributed by atoms with Gasteiger partial charge in [0.2, 0.25) is 0 Å². The third-order valence-electron chi connectivity index (χ3n) is 4.48. The highest BCUT2D eigenvalue weighted by atomic mass is 19.3. The summed E-state index contributed by atoms with van der Waals surface area (Å²) < 4.78 is 25.0. The molecule has 0 saturated heterocycles. The summed E-state index contributed by atoms with van der Waals surface area (Å²) in [6.45, 7) is 5.36. The summed E-state index contributed by atoms with van der Waals surface area (Å²) in [4.78, 5) is 0. The number of benzene rings is 1. The van der Waals surface area contributed by atoms with Gasteiger partial charge < -0.3 is 5.32 Å². The number of halogens is 2. The zero-order valence-electron chi connectivity index (χ0n) is 12.4. The van der Waals surface area contributed by atoms with Crippen LogP contribution in [0.1, 0.15) is 57.1 Å². The Morgan fingerprint density at radius 2 is 1.75 bits per heavy atom. The van der Waals surface area contributed by atoms with E-state index in [9.17, 15) is 8.78 Å². The molecule has 1 nitrogen and oxygen atoms in total. The van der Waals surface area contributed by atoms with Crippen LogP contribution in [0.2, 0.25) is 0 Å². The lowest BCUT2D eigenvalue weighted by Crippen LogP contribution is -2.40. The topological polar surface area (TPSA) is 12.0 Å². The van der Waals surface area contributed by atoms with Crippen LogP contribution in [-0.2, 0) is 6.54 Å². The molecule has 0 heterocycles. The Morgan fingerprint density at radius 3 is 2.35 bits per heavy atom. The lowest BCUT2D eigenvalue weighted by Gasteiger charge is -2.35. The van der Waals surface area contributed by atoms with Crippen molar-refractivity contribution in [3.63, 3.8) is 0 Å². The van der Waals surface area contributed by atoms with E-state index in [0.717, 1.165) is 18.0 Å². The SMILES string of the molecule is CC(C)C1CCCCC1NCc1ccc(C(F)F)cc1. The van der Waals surface area contributed by atoms with Gasteiger partial charge in [-0.25, -0.2) is 8.78 Å². The van der Waals surface area contributed by atoms with E-state index in [1.54, 1.807) is 0 Å². The van der Waals surface area contributed by atoms with E-state index in [4.69, 9.17) is 0 Å². The number of hydrogen-bond donors (Lipinski definition) is 1. The van der Waals surface area contributed by atoms with E-state index in [2.05, 4.69) is 19.2 Å². The highest BCUT2D eigenvalue weighted by Crippen LogP contribution is 2.30. The van der Waals surface area contributed by atoms with Gasteiger partial charge >= 0.3 is 0 Å². The van der Waals surface area contributed by atoms with Crippen molar-refractivity contribution in [2.24, 2.45) is 11.8 Å². The van der Waals surface area contributed by atoms with Gasteiger partial charge in [0.25, 0.3) is 6.43 Å². The highest BCUT2D eigenvalue weighted by molar-refractivity contribution is 5.23. The first kappa shape index (κ1) is 15.4. The van der Waals surface area contributed by atoms with Crippen molar-refractivity contribution in [1.82, 2.24) is 5.32 Å². The van der Waals surface area contributed by atoms with Gasteiger partial charge in [0.15, 0.2) is 0 Å². The Kier molecular flexibility index (Phi) is 5.53. The number of rotatable bonds is 5. The summed E-state index contributed by atoms with van der Waals surface area (Å²) in [5, 5.41) is 3.63. The quantitative estimate of drug-likeness (QED) is 0.807. The van der Waals surface area contributed by atoms with Gasteiger partial charge in [0.1, 0.15) is 0 Å². The fourth-order valence-corrected chi connectivity index (χ4v) is 3.24. The van der Waals surface area contributed by atoms with Crippen LogP contribution in [0.4, 0.5) is 8.78 Å². The largest absolute Gasteiger partial charge is 0.310 e. The summed E-state index contributed by atoms with van der Waals surface area (Å²) in [5.41, 5.74) is 1.19. The molecule has 20 heavy (non-hydrogen) atoms. The molecular weight excluding hydrogens is 256 g/mol. The molecule has 2 unspecified atom stereocenters. The molecule has 1 aliphatic rings. The van der Waals surface area contributed by atoms with E-state index in [1.165, 1.54) is 37.8 Å². The number of hydrogen-bond acceptors (Lipinski definition) is 1. The van der Waals surface area contributed by atoms with Crippen molar-refractivity contribution < 1.29 is 8.78 Å². The van der Waals surface area contributed by atoms with Crippen molar-refractivity contribution in [2.75, 3.05) is 0 Å². The van der Waals surface area contributed by atoms with Crippen LogP contribution in [0.25, 0.3) is 0 Å². The normalized spacial score (nSPS) is 23.5. The van der Waals surface area contributed by atoms with Gasteiger partial charge in [-0.05, 0) is 30.2 Å². The van der Waals surface area contributed by atoms with E-state index in [0.29, 0.717) is 12.0 Å². The summed E-state index contributed by atoms with van der Waals surface area (Å²) in [7, 11) is 0. The van der Waals surface area contributed by atoms with Gasteiger partial charge in [-0.2, -0.15) is 0 Å². The second-order valence-electron chi connectivity index (χ2n) is 6.22. The molecule has 1 aliphatic carbocycles. The molecule has 1 aromatic rings. The summed E-state index contributed by atoms with van der Waals surface area (Å²) in [6, 6.07) is 7.24. The maximum absolute atomic E-state index is 12.5. The van der Waals surface area contributed by atoms with Gasteiger partial charge in [-0.15, -0.1) is 0 Å². The predicted octanol–water partition coefficient (Wildman–Crippen LogP) is 4.93. The summed E-state index contributed by atoms with van der Waals surface area (Å²) in [6.07, 6.45) is 2.80.